The fourth-order valence-electron chi connectivity index (χ4n) is 3.82. The second-order valence-corrected chi connectivity index (χ2v) is 10.5. The lowest BCUT2D eigenvalue weighted by Crippen LogP contribution is -2.41. The lowest BCUT2D eigenvalue weighted by molar-refractivity contribution is -0.133. The molecule has 0 aromatic carbocycles. The molecule has 1 aliphatic rings. The molecule has 0 spiro atoms. The van der Waals surface area contributed by atoms with Gasteiger partial charge in [0.05, 0.1) is 4.90 Å². The first kappa shape index (κ1) is 22.6. The van der Waals surface area contributed by atoms with Gasteiger partial charge in [-0.05, 0) is 30.7 Å². The molecule has 1 unspecified atom stereocenters. The van der Waals surface area contributed by atoms with Crippen LogP contribution in [-0.2, 0) is 21.4 Å². The Kier molecular flexibility index (Phi) is 7.09. The molecule has 0 aliphatic carbocycles. The van der Waals surface area contributed by atoms with Gasteiger partial charge in [0.2, 0.25) is 15.9 Å². The Morgan fingerprint density at radius 3 is 2.43 bits per heavy atom. The summed E-state index contributed by atoms with van der Waals surface area (Å²) < 4.78 is 28.0. The van der Waals surface area contributed by atoms with Crippen molar-refractivity contribution in [2.24, 2.45) is 5.41 Å². The summed E-state index contributed by atoms with van der Waals surface area (Å²) in [5.41, 5.74) is -0.263. The van der Waals surface area contributed by atoms with E-state index in [4.69, 9.17) is 0 Å². The number of nitrogens with zero attached hydrogens (tertiary/aromatic N) is 3. The highest BCUT2D eigenvalue weighted by molar-refractivity contribution is 7.89. The number of rotatable bonds is 7. The monoisotopic (exact) mass is 411 g/mol. The van der Waals surface area contributed by atoms with Gasteiger partial charge in [-0.1, -0.05) is 34.6 Å². The minimum absolute atomic E-state index is 0.0382. The fourth-order valence-corrected chi connectivity index (χ4v) is 5.30. The second-order valence-electron chi connectivity index (χ2n) is 8.57. The average molecular weight is 412 g/mol. The van der Waals surface area contributed by atoms with Crippen molar-refractivity contribution in [3.8, 4) is 0 Å². The molecule has 0 N–H and O–H groups in total. The predicted octanol–water partition coefficient (Wildman–Crippen LogP) is 2.31. The predicted molar refractivity (Wildman–Crippen MR) is 110 cm³/mol. The maximum absolute atomic E-state index is 12.9. The van der Waals surface area contributed by atoms with E-state index in [-0.39, 0.29) is 34.4 Å². The van der Waals surface area contributed by atoms with Crippen LogP contribution in [0.4, 0.5) is 0 Å². The molecule has 2 rings (SSSR count). The zero-order chi connectivity index (χ0) is 21.1. The molecule has 0 saturated carbocycles. The zero-order valence-electron chi connectivity index (χ0n) is 17.6. The summed E-state index contributed by atoms with van der Waals surface area (Å²) in [5, 5.41) is 0. The summed E-state index contributed by atoms with van der Waals surface area (Å²) in [6.07, 6.45) is 4.12. The number of carbonyl (C=O) groups excluding carboxylic acids is 1. The van der Waals surface area contributed by atoms with Crippen molar-refractivity contribution in [2.45, 2.75) is 71.4 Å². The second kappa shape index (κ2) is 8.78. The summed E-state index contributed by atoms with van der Waals surface area (Å²) in [5.74, 6) is -0.133. The third-order valence-electron chi connectivity index (χ3n) is 5.15. The molecule has 1 saturated heterocycles. The Labute approximate surface area is 168 Å². The maximum Gasteiger partial charge on any atom is 0.251 e. The SMILES string of the molecule is CCN(CC)S(=O)(=O)c1ccc(=O)n(CC(=O)N2CCCC2CC(C)(C)C)c1. The molecule has 1 fully saturated rings. The van der Waals surface area contributed by atoms with E-state index in [2.05, 4.69) is 20.8 Å². The van der Waals surface area contributed by atoms with Gasteiger partial charge in [0, 0.05) is 37.9 Å². The summed E-state index contributed by atoms with van der Waals surface area (Å²) in [6.45, 7) is 11.2. The summed E-state index contributed by atoms with van der Waals surface area (Å²) in [7, 11) is -3.68. The Balaban J connectivity index is 2.24. The van der Waals surface area contributed by atoms with Gasteiger partial charge >= 0.3 is 0 Å². The molecule has 1 amide bonds. The number of hydrogen-bond acceptors (Lipinski definition) is 4. The first-order chi connectivity index (χ1) is 13.0. The van der Waals surface area contributed by atoms with Crippen LogP contribution in [0.3, 0.4) is 0 Å². The topological polar surface area (TPSA) is 79.7 Å². The largest absolute Gasteiger partial charge is 0.338 e. The molecular weight excluding hydrogens is 378 g/mol. The molecule has 28 heavy (non-hydrogen) atoms. The van der Waals surface area contributed by atoms with E-state index in [1.54, 1.807) is 13.8 Å². The molecule has 7 nitrogen and oxygen atoms in total. The van der Waals surface area contributed by atoms with Gasteiger partial charge in [-0.25, -0.2) is 8.42 Å². The number of pyridine rings is 1. The van der Waals surface area contributed by atoms with Crippen molar-refractivity contribution >= 4 is 15.9 Å². The van der Waals surface area contributed by atoms with E-state index in [9.17, 15) is 18.0 Å². The van der Waals surface area contributed by atoms with Crippen molar-refractivity contribution in [3.05, 3.63) is 28.7 Å². The number of aromatic nitrogens is 1. The maximum atomic E-state index is 12.9. The molecule has 8 heteroatoms. The standard InChI is InChI=1S/C20H33N3O4S/c1-6-22(7-2)28(26,27)17-10-11-18(24)21(14-17)15-19(25)23-12-8-9-16(23)13-20(3,4)5/h10-11,14,16H,6-9,12-13,15H2,1-5H3. The molecule has 1 aromatic heterocycles. The van der Waals surface area contributed by atoms with Gasteiger partial charge in [-0.3, -0.25) is 9.59 Å². The van der Waals surface area contributed by atoms with Crippen LogP contribution in [0.1, 0.15) is 53.9 Å². The molecule has 1 aliphatic heterocycles. The number of carbonyl (C=O) groups is 1. The minimum Gasteiger partial charge on any atom is -0.338 e. The Morgan fingerprint density at radius 2 is 1.86 bits per heavy atom. The van der Waals surface area contributed by atoms with Crippen molar-refractivity contribution in [2.75, 3.05) is 19.6 Å². The average Bonchev–Trinajstić information content (AvgIpc) is 3.03. The first-order valence-electron chi connectivity index (χ1n) is 9.99. The smallest absolute Gasteiger partial charge is 0.251 e. The van der Waals surface area contributed by atoms with Crippen molar-refractivity contribution in [3.63, 3.8) is 0 Å². The van der Waals surface area contributed by atoms with E-state index >= 15 is 0 Å². The van der Waals surface area contributed by atoms with Gasteiger partial charge < -0.3 is 9.47 Å². The van der Waals surface area contributed by atoms with Crippen molar-refractivity contribution < 1.29 is 13.2 Å². The summed E-state index contributed by atoms with van der Waals surface area (Å²) in [4.78, 5) is 27.0. The zero-order valence-corrected chi connectivity index (χ0v) is 18.5. The van der Waals surface area contributed by atoms with Gasteiger partial charge in [-0.15, -0.1) is 0 Å². The van der Waals surface area contributed by atoms with Gasteiger partial charge in [0.15, 0.2) is 0 Å². The van der Waals surface area contributed by atoms with Gasteiger partial charge in [-0.2, -0.15) is 4.31 Å². The normalized spacial score (nSPS) is 18.1. The molecule has 0 radical (unpaired) electrons. The highest BCUT2D eigenvalue weighted by Crippen LogP contribution is 2.30. The molecular formula is C20H33N3O4S. The van der Waals surface area contributed by atoms with E-state index in [1.165, 1.54) is 27.2 Å². The first-order valence-corrected chi connectivity index (χ1v) is 11.4. The van der Waals surface area contributed by atoms with Crippen LogP contribution < -0.4 is 5.56 Å². The van der Waals surface area contributed by atoms with Crippen molar-refractivity contribution in [1.82, 2.24) is 13.8 Å². The summed E-state index contributed by atoms with van der Waals surface area (Å²) >= 11 is 0. The Morgan fingerprint density at radius 1 is 1.21 bits per heavy atom. The van der Waals surface area contributed by atoms with Gasteiger partial charge in [0.1, 0.15) is 6.54 Å². The van der Waals surface area contributed by atoms with Crippen LogP contribution in [0.2, 0.25) is 0 Å². The number of likely N-dealkylation sites (tertiary alicyclic amines) is 1. The molecule has 1 aromatic rings. The third-order valence-corrected chi connectivity index (χ3v) is 7.18. The minimum atomic E-state index is -3.68. The Hall–Kier alpha value is -1.67. The van der Waals surface area contributed by atoms with Crippen LogP contribution in [0, 0.1) is 5.41 Å². The van der Waals surface area contributed by atoms with Crippen LogP contribution in [0.25, 0.3) is 0 Å². The lowest BCUT2D eigenvalue weighted by Gasteiger charge is -2.30. The van der Waals surface area contributed by atoms with Crippen LogP contribution >= 0.6 is 0 Å². The van der Waals surface area contributed by atoms with Crippen LogP contribution in [-0.4, -0.2) is 53.8 Å². The fraction of sp³-hybridized carbons (Fsp3) is 0.700. The number of sulfonamides is 1. The van der Waals surface area contributed by atoms with Crippen molar-refractivity contribution in [1.29, 1.82) is 0 Å². The van der Waals surface area contributed by atoms with E-state index in [0.29, 0.717) is 19.6 Å². The summed E-state index contributed by atoms with van der Waals surface area (Å²) in [6, 6.07) is 2.71. The number of amides is 1. The number of hydrogen-bond donors (Lipinski definition) is 0. The third kappa shape index (κ3) is 5.23. The van der Waals surface area contributed by atoms with E-state index < -0.39 is 10.0 Å². The molecule has 158 valence electrons. The van der Waals surface area contributed by atoms with E-state index in [0.717, 1.165) is 19.3 Å². The van der Waals surface area contributed by atoms with E-state index in [1.807, 2.05) is 4.90 Å². The van der Waals surface area contributed by atoms with Crippen LogP contribution in [0.15, 0.2) is 28.0 Å². The molecule has 1 atom stereocenters. The quantitative estimate of drug-likeness (QED) is 0.690. The van der Waals surface area contributed by atoms with Gasteiger partial charge in [0.25, 0.3) is 5.56 Å². The molecule has 0 bridgehead atoms. The Bertz CT molecular complexity index is 851. The lowest BCUT2D eigenvalue weighted by atomic mass is 9.87. The highest BCUT2D eigenvalue weighted by atomic mass is 32.2. The van der Waals surface area contributed by atoms with Crippen LogP contribution in [0.5, 0.6) is 0 Å². The highest BCUT2D eigenvalue weighted by Gasteiger charge is 2.32. The molecule has 2 heterocycles.